The summed E-state index contributed by atoms with van der Waals surface area (Å²) in [5, 5.41) is 0. The van der Waals surface area contributed by atoms with E-state index in [0.717, 1.165) is 49.6 Å². The number of aryl methyl sites for hydroxylation is 1. The van der Waals surface area contributed by atoms with Gasteiger partial charge >= 0.3 is 0 Å². The summed E-state index contributed by atoms with van der Waals surface area (Å²) in [6.45, 7) is 4.21. The van der Waals surface area contributed by atoms with Gasteiger partial charge in [0.15, 0.2) is 11.5 Å². The van der Waals surface area contributed by atoms with Gasteiger partial charge in [-0.05, 0) is 29.8 Å². The maximum atomic E-state index is 12.5. The van der Waals surface area contributed by atoms with Gasteiger partial charge in [-0.25, -0.2) is 4.98 Å². The van der Waals surface area contributed by atoms with Crippen LogP contribution >= 0.6 is 0 Å². The maximum absolute atomic E-state index is 12.5. The lowest BCUT2D eigenvalue weighted by Crippen LogP contribution is -2.48. The minimum atomic E-state index is 0.173. The number of hydrogen-bond acceptors (Lipinski definition) is 5. The van der Waals surface area contributed by atoms with Crippen LogP contribution in [0.2, 0.25) is 0 Å². The molecule has 1 aliphatic heterocycles. The molecule has 2 aromatic carbocycles. The topological polar surface area (TPSA) is 58.8 Å². The minimum Gasteiger partial charge on any atom is -0.497 e. The number of ether oxygens (including phenoxy) is 1. The predicted octanol–water partition coefficient (Wildman–Crippen LogP) is 3.11. The van der Waals surface area contributed by atoms with Gasteiger partial charge in [0.2, 0.25) is 5.91 Å². The molecule has 28 heavy (non-hydrogen) atoms. The Balaban J connectivity index is 1.24. The van der Waals surface area contributed by atoms with Crippen molar-refractivity contribution in [3.8, 4) is 5.75 Å². The summed E-state index contributed by atoms with van der Waals surface area (Å²) >= 11 is 0. The van der Waals surface area contributed by atoms with Crippen LogP contribution in [-0.2, 0) is 17.8 Å². The highest BCUT2D eigenvalue weighted by molar-refractivity contribution is 5.77. The van der Waals surface area contributed by atoms with Crippen molar-refractivity contribution in [3.63, 3.8) is 0 Å². The summed E-state index contributed by atoms with van der Waals surface area (Å²) in [6.07, 6.45) is 0.977. The number of carbonyl (C=O) groups excluding carboxylic acids is 1. The molecule has 0 aliphatic carbocycles. The smallest absolute Gasteiger partial charge is 0.223 e. The van der Waals surface area contributed by atoms with Crippen LogP contribution in [0.3, 0.4) is 0 Å². The van der Waals surface area contributed by atoms with Crippen molar-refractivity contribution in [2.24, 2.45) is 0 Å². The van der Waals surface area contributed by atoms with Crippen LogP contribution in [0.15, 0.2) is 52.9 Å². The highest BCUT2D eigenvalue weighted by Gasteiger charge is 2.21. The van der Waals surface area contributed by atoms with Crippen LogP contribution in [0.4, 0.5) is 0 Å². The first-order valence-electron chi connectivity index (χ1n) is 9.69. The van der Waals surface area contributed by atoms with Crippen LogP contribution < -0.4 is 4.74 Å². The highest BCUT2D eigenvalue weighted by atomic mass is 16.5. The van der Waals surface area contributed by atoms with Gasteiger partial charge in [-0.1, -0.05) is 24.3 Å². The van der Waals surface area contributed by atoms with Crippen molar-refractivity contribution in [1.82, 2.24) is 14.8 Å². The number of oxazole rings is 1. The summed E-state index contributed by atoms with van der Waals surface area (Å²) in [5.74, 6) is 1.68. The lowest BCUT2D eigenvalue weighted by atomic mass is 10.2. The Bertz CT molecular complexity index is 895. The monoisotopic (exact) mass is 379 g/mol. The zero-order chi connectivity index (χ0) is 19.3. The Morgan fingerprint density at radius 2 is 1.82 bits per heavy atom. The van der Waals surface area contributed by atoms with Crippen LogP contribution in [0.25, 0.3) is 11.1 Å². The van der Waals surface area contributed by atoms with Crippen LogP contribution in [0.5, 0.6) is 5.75 Å². The molecule has 6 heteroatoms. The van der Waals surface area contributed by atoms with Gasteiger partial charge in [-0.3, -0.25) is 9.69 Å². The number of nitrogens with zero attached hydrogens (tertiary/aromatic N) is 3. The molecule has 2 heterocycles. The molecule has 1 saturated heterocycles. The molecule has 4 rings (SSSR count). The molecule has 0 unspecified atom stereocenters. The molecule has 0 spiro atoms. The molecule has 0 N–H and O–H groups in total. The first-order chi connectivity index (χ1) is 13.7. The number of amides is 1. The Morgan fingerprint density at radius 1 is 1.07 bits per heavy atom. The standard InChI is InChI=1S/C22H25N3O3/c1-27-18-8-6-17(7-9-18)16-24-12-14-25(15-13-24)22(26)11-10-21-23-19-4-2-3-5-20(19)28-21/h2-9H,10-16H2,1H3. The van der Waals surface area contributed by atoms with Crippen LogP contribution in [0, 0.1) is 0 Å². The first kappa shape index (κ1) is 18.5. The molecule has 146 valence electrons. The molecule has 6 nitrogen and oxygen atoms in total. The van der Waals surface area contributed by atoms with Gasteiger partial charge in [0, 0.05) is 45.6 Å². The van der Waals surface area contributed by atoms with E-state index < -0.39 is 0 Å². The normalized spacial score (nSPS) is 15.1. The molecule has 1 aliphatic rings. The number of aromatic nitrogens is 1. The molecule has 0 radical (unpaired) electrons. The molecule has 1 fully saturated rings. The number of carbonyl (C=O) groups is 1. The van der Waals surface area contributed by atoms with E-state index >= 15 is 0 Å². The number of para-hydroxylation sites is 2. The highest BCUT2D eigenvalue weighted by Crippen LogP contribution is 2.17. The number of fused-ring (bicyclic) bond motifs is 1. The summed E-state index contributed by atoms with van der Waals surface area (Å²) < 4.78 is 10.9. The lowest BCUT2D eigenvalue weighted by molar-refractivity contribution is -0.133. The average molecular weight is 379 g/mol. The van der Waals surface area contributed by atoms with E-state index in [1.807, 2.05) is 41.3 Å². The molecular formula is C22H25N3O3. The molecule has 3 aromatic rings. The Kier molecular flexibility index (Phi) is 5.58. The van der Waals surface area contributed by atoms with Crippen LogP contribution in [-0.4, -0.2) is 54.0 Å². The fraction of sp³-hybridized carbons (Fsp3) is 0.364. The van der Waals surface area contributed by atoms with E-state index in [2.05, 4.69) is 22.0 Å². The van der Waals surface area contributed by atoms with Gasteiger partial charge < -0.3 is 14.1 Å². The number of benzene rings is 2. The fourth-order valence-electron chi connectivity index (χ4n) is 3.54. The first-order valence-corrected chi connectivity index (χ1v) is 9.69. The average Bonchev–Trinajstić information content (AvgIpc) is 3.16. The minimum absolute atomic E-state index is 0.173. The Morgan fingerprint density at radius 3 is 2.54 bits per heavy atom. The molecule has 0 saturated carbocycles. The van der Waals surface area contributed by atoms with Crippen molar-refractivity contribution >= 4 is 17.0 Å². The Labute approximate surface area is 164 Å². The predicted molar refractivity (Wildman–Crippen MR) is 107 cm³/mol. The van der Waals surface area contributed by atoms with E-state index in [4.69, 9.17) is 9.15 Å². The van der Waals surface area contributed by atoms with Gasteiger partial charge in [-0.15, -0.1) is 0 Å². The van der Waals surface area contributed by atoms with Crippen LogP contribution in [0.1, 0.15) is 17.9 Å². The molecule has 0 atom stereocenters. The fourth-order valence-corrected chi connectivity index (χ4v) is 3.54. The SMILES string of the molecule is COc1ccc(CN2CCN(C(=O)CCc3nc4ccccc4o3)CC2)cc1. The van der Waals surface area contributed by atoms with Gasteiger partial charge in [-0.2, -0.15) is 0 Å². The van der Waals surface area contributed by atoms with Gasteiger partial charge in [0.1, 0.15) is 11.3 Å². The zero-order valence-corrected chi connectivity index (χ0v) is 16.1. The van der Waals surface area contributed by atoms with Crippen molar-refractivity contribution < 1.29 is 13.9 Å². The molecule has 1 amide bonds. The van der Waals surface area contributed by atoms with Gasteiger partial charge in [0.05, 0.1) is 7.11 Å². The third-order valence-electron chi connectivity index (χ3n) is 5.18. The van der Waals surface area contributed by atoms with E-state index in [-0.39, 0.29) is 5.91 Å². The number of rotatable bonds is 6. The summed E-state index contributed by atoms with van der Waals surface area (Å²) in [6, 6.07) is 15.8. The number of piperazine rings is 1. The zero-order valence-electron chi connectivity index (χ0n) is 16.1. The van der Waals surface area contributed by atoms with Crippen molar-refractivity contribution in [2.45, 2.75) is 19.4 Å². The van der Waals surface area contributed by atoms with Crippen molar-refractivity contribution in [1.29, 1.82) is 0 Å². The second kappa shape index (κ2) is 8.44. The number of methoxy groups -OCH3 is 1. The lowest BCUT2D eigenvalue weighted by Gasteiger charge is -2.34. The second-order valence-electron chi connectivity index (χ2n) is 7.08. The second-order valence-corrected chi connectivity index (χ2v) is 7.08. The van der Waals surface area contributed by atoms with E-state index in [1.165, 1.54) is 5.56 Å². The maximum Gasteiger partial charge on any atom is 0.223 e. The van der Waals surface area contributed by atoms with Crippen molar-refractivity contribution in [3.05, 3.63) is 60.0 Å². The van der Waals surface area contributed by atoms with Gasteiger partial charge in [0.25, 0.3) is 0 Å². The third-order valence-corrected chi connectivity index (χ3v) is 5.18. The van der Waals surface area contributed by atoms with E-state index in [0.29, 0.717) is 18.7 Å². The number of hydrogen-bond donors (Lipinski definition) is 0. The molecular weight excluding hydrogens is 354 g/mol. The van der Waals surface area contributed by atoms with Crippen molar-refractivity contribution in [2.75, 3.05) is 33.3 Å². The largest absolute Gasteiger partial charge is 0.497 e. The Hall–Kier alpha value is -2.86. The summed E-state index contributed by atoms with van der Waals surface area (Å²) in [4.78, 5) is 21.3. The molecule has 1 aromatic heterocycles. The summed E-state index contributed by atoms with van der Waals surface area (Å²) in [5.41, 5.74) is 2.88. The quantitative estimate of drug-likeness (QED) is 0.659. The van der Waals surface area contributed by atoms with E-state index in [1.54, 1.807) is 7.11 Å². The summed E-state index contributed by atoms with van der Waals surface area (Å²) in [7, 11) is 1.68. The van der Waals surface area contributed by atoms with E-state index in [9.17, 15) is 4.79 Å². The molecule has 0 bridgehead atoms. The third kappa shape index (κ3) is 4.34.